The molecule has 3 rings (SSSR count). The van der Waals surface area contributed by atoms with E-state index in [0.717, 1.165) is 4.90 Å². The molecular weight excluding hydrogens is 449 g/mol. The van der Waals surface area contributed by atoms with Crippen LogP contribution < -0.4 is 14.2 Å². The van der Waals surface area contributed by atoms with Gasteiger partial charge in [-0.2, -0.15) is 13.2 Å². The van der Waals surface area contributed by atoms with Crippen molar-refractivity contribution in [2.75, 3.05) is 31.0 Å². The highest BCUT2D eigenvalue weighted by Crippen LogP contribution is 2.33. The van der Waals surface area contributed by atoms with Crippen molar-refractivity contribution in [1.29, 1.82) is 0 Å². The molecule has 174 valence electrons. The van der Waals surface area contributed by atoms with Crippen LogP contribution in [-0.4, -0.2) is 51.7 Å². The van der Waals surface area contributed by atoms with E-state index in [1.54, 1.807) is 0 Å². The van der Waals surface area contributed by atoms with Gasteiger partial charge in [0.1, 0.15) is 19.8 Å². The maximum Gasteiger partial charge on any atom is 0.406 e. The molecule has 0 saturated heterocycles. The molecule has 2 aromatic carbocycles. The summed E-state index contributed by atoms with van der Waals surface area (Å²) in [6, 6.07) is 9.52. The molecule has 0 spiro atoms. The number of carbonyl (C=O) groups is 1. The molecule has 1 aliphatic rings. The SMILES string of the molecule is CCCCN(CC(F)(F)F)C(=O)c1cccc(NS(=O)(=O)c2ccc3c(c2)OCCO3)c1. The van der Waals surface area contributed by atoms with E-state index in [4.69, 9.17) is 9.47 Å². The lowest BCUT2D eigenvalue weighted by Gasteiger charge is -2.24. The number of ether oxygens (including phenoxy) is 2. The number of fused-ring (bicyclic) bond motifs is 1. The van der Waals surface area contributed by atoms with Crippen LogP contribution in [0.4, 0.5) is 18.9 Å². The molecule has 1 heterocycles. The largest absolute Gasteiger partial charge is 0.486 e. The topological polar surface area (TPSA) is 84.9 Å². The number of alkyl halides is 3. The Hall–Kier alpha value is -2.95. The Morgan fingerprint density at radius 3 is 2.50 bits per heavy atom. The van der Waals surface area contributed by atoms with Crippen LogP contribution in [0.15, 0.2) is 47.4 Å². The molecule has 2 aromatic rings. The molecule has 1 amide bonds. The van der Waals surface area contributed by atoms with Crippen LogP contribution in [0.2, 0.25) is 0 Å². The molecule has 0 saturated carbocycles. The van der Waals surface area contributed by atoms with Gasteiger partial charge in [-0.3, -0.25) is 9.52 Å². The Morgan fingerprint density at radius 1 is 1.09 bits per heavy atom. The zero-order valence-electron chi connectivity index (χ0n) is 17.3. The summed E-state index contributed by atoms with van der Waals surface area (Å²) in [6.45, 7) is 1.03. The van der Waals surface area contributed by atoms with Crippen LogP contribution in [-0.2, 0) is 10.0 Å². The Balaban J connectivity index is 1.81. The first-order valence-corrected chi connectivity index (χ1v) is 11.5. The molecular formula is C21H23F3N2O5S. The van der Waals surface area contributed by atoms with Crippen molar-refractivity contribution in [3.63, 3.8) is 0 Å². The molecule has 0 bridgehead atoms. The monoisotopic (exact) mass is 472 g/mol. The fraction of sp³-hybridized carbons (Fsp3) is 0.381. The van der Waals surface area contributed by atoms with Crippen LogP contribution in [0.25, 0.3) is 0 Å². The van der Waals surface area contributed by atoms with Crippen LogP contribution in [0.3, 0.4) is 0 Å². The van der Waals surface area contributed by atoms with Crippen molar-refractivity contribution in [1.82, 2.24) is 4.90 Å². The second kappa shape index (κ2) is 9.68. The van der Waals surface area contributed by atoms with Crippen LogP contribution in [0.1, 0.15) is 30.1 Å². The lowest BCUT2D eigenvalue weighted by molar-refractivity contribution is -0.140. The second-order valence-electron chi connectivity index (χ2n) is 7.19. The molecule has 32 heavy (non-hydrogen) atoms. The van der Waals surface area contributed by atoms with Gasteiger partial charge in [-0.05, 0) is 36.8 Å². The van der Waals surface area contributed by atoms with Crippen molar-refractivity contribution in [3.8, 4) is 11.5 Å². The Morgan fingerprint density at radius 2 is 1.81 bits per heavy atom. The molecule has 7 nitrogen and oxygen atoms in total. The number of nitrogens with one attached hydrogen (secondary N) is 1. The summed E-state index contributed by atoms with van der Waals surface area (Å²) >= 11 is 0. The minimum Gasteiger partial charge on any atom is -0.486 e. The van der Waals surface area contributed by atoms with Crippen LogP contribution in [0, 0.1) is 0 Å². The van der Waals surface area contributed by atoms with Gasteiger partial charge in [0.25, 0.3) is 15.9 Å². The average molecular weight is 472 g/mol. The number of rotatable bonds is 8. The lowest BCUT2D eigenvalue weighted by atomic mass is 10.1. The number of hydrogen-bond acceptors (Lipinski definition) is 5. The maximum atomic E-state index is 12.9. The Labute approximate surface area is 184 Å². The molecule has 0 radical (unpaired) electrons. The summed E-state index contributed by atoms with van der Waals surface area (Å²) in [5.74, 6) is -0.0995. The molecule has 1 aliphatic heterocycles. The number of unbranched alkanes of at least 4 members (excludes halogenated alkanes) is 1. The van der Waals surface area contributed by atoms with Crippen molar-refractivity contribution in [3.05, 3.63) is 48.0 Å². The van der Waals surface area contributed by atoms with Gasteiger partial charge in [-0.25, -0.2) is 8.42 Å². The Kier molecular flexibility index (Phi) is 7.17. The van der Waals surface area contributed by atoms with Gasteiger partial charge >= 0.3 is 6.18 Å². The zero-order valence-corrected chi connectivity index (χ0v) is 18.1. The molecule has 0 aliphatic carbocycles. The van der Waals surface area contributed by atoms with E-state index >= 15 is 0 Å². The highest BCUT2D eigenvalue weighted by Gasteiger charge is 2.33. The third-order valence-corrected chi connectivity index (χ3v) is 6.00. The number of halogens is 3. The zero-order chi connectivity index (χ0) is 23.4. The molecule has 11 heteroatoms. The summed E-state index contributed by atoms with van der Waals surface area (Å²) in [6.07, 6.45) is -3.50. The second-order valence-corrected chi connectivity index (χ2v) is 8.87. The fourth-order valence-corrected chi connectivity index (χ4v) is 4.19. The maximum absolute atomic E-state index is 12.9. The van der Waals surface area contributed by atoms with Gasteiger partial charge in [0, 0.05) is 23.9 Å². The highest BCUT2D eigenvalue weighted by molar-refractivity contribution is 7.92. The summed E-state index contributed by atoms with van der Waals surface area (Å²) in [7, 11) is -4.04. The molecule has 1 N–H and O–H groups in total. The van der Waals surface area contributed by atoms with Crippen molar-refractivity contribution in [2.24, 2.45) is 0 Å². The first-order chi connectivity index (χ1) is 15.1. The summed E-state index contributed by atoms with van der Waals surface area (Å²) in [5, 5.41) is 0. The molecule has 0 fully saturated rings. The standard InChI is InChI=1S/C21H23F3N2O5S/c1-2-3-9-26(14-21(22,23)24)20(27)15-5-4-6-16(12-15)25-32(28,29)17-7-8-18-19(13-17)31-11-10-30-18/h4-8,12-13,25H,2-3,9-11,14H2,1H3. The average Bonchev–Trinajstić information content (AvgIpc) is 2.75. The number of carbonyl (C=O) groups excluding carboxylic acids is 1. The first kappa shape index (κ1) is 23.7. The van der Waals surface area contributed by atoms with Gasteiger partial charge in [0.15, 0.2) is 11.5 Å². The van der Waals surface area contributed by atoms with E-state index in [1.165, 1.54) is 42.5 Å². The third kappa shape index (κ3) is 6.06. The van der Waals surface area contributed by atoms with Crippen molar-refractivity contribution >= 4 is 21.6 Å². The number of sulfonamides is 1. The predicted molar refractivity (Wildman–Crippen MR) is 112 cm³/mol. The van der Waals surface area contributed by atoms with E-state index in [-0.39, 0.29) is 22.7 Å². The number of anilines is 1. The lowest BCUT2D eigenvalue weighted by Crippen LogP contribution is -2.39. The van der Waals surface area contributed by atoms with Crippen LogP contribution in [0.5, 0.6) is 11.5 Å². The normalized spacial score (nSPS) is 13.5. The van der Waals surface area contributed by atoms with E-state index in [2.05, 4.69) is 4.72 Å². The number of amides is 1. The van der Waals surface area contributed by atoms with Crippen molar-refractivity contribution in [2.45, 2.75) is 30.8 Å². The van der Waals surface area contributed by atoms with E-state index < -0.39 is 28.7 Å². The number of nitrogens with zero attached hydrogens (tertiary/aromatic N) is 1. The first-order valence-electron chi connectivity index (χ1n) is 9.97. The molecule has 0 unspecified atom stereocenters. The third-order valence-electron chi connectivity index (χ3n) is 4.62. The highest BCUT2D eigenvalue weighted by atomic mass is 32.2. The van der Waals surface area contributed by atoms with Gasteiger partial charge in [0.05, 0.1) is 4.90 Å². The number of hydrogen-bond donors (Lipinski definition) is 1. The summed E-state index contributed by atoms with van der Waals surface area (Å²) in [4.78, 5) is 13.3. The fourth-order valence-electron chi connectivity index (χ4n) is 3.12. The molecule has 0 atom stereocenters. The quantitative estimate of drug-likeness (QED) is 0.626. The van der Waals surface area contributed by atoms with E-state index in [9.17, 15) is 26.4 Å². The predicted octanol–water partition coefficient (Wildman–Crippen LogP) is 4.06. The Bertz CT molecular complexity index is 1070. The number of benzene rings is 2. The van der Waals surface area contributed by atoms with Gasteiger partial charge in [-0.15, -0.1) is 0 Å². The summed E-state index contributed by atoms with van der Waals surface area (Å²) in [5.41, 5.74) is 0.000849. The minimum atomic E-state index is -4.54. The smallest absolute Gasteiger partial charge is 0.406 e. The van der Waals surface area contributed by atoms with Gasteiger partial charge < -0.3 is 14.4 Å². The minimum absolute atomic E-state index is 0.0484. The van der Waals surface area contributed by atoms with Crippen LogP contribution >= 0.6 is 0 Å². The molecule has 0 aromatic heterocycles. The van der Waals surface area contributed by atoms with E-state index in [0.29, 0.717) is 37.6 Å². The van der Waals surface area contributed by atoms with E-state index in [1.807, 2.05) is 6.92 Å². The van der Waals surface area contributed by atoms with Crippen molar-refractivity contribution < 1.29 is 35.9 Å². The van der Waals surface area contributed by atoms with Gasteiger partial charge in [-0.1, -0.05) is 19.4 Å². The van der Waals surface area contributed by atoms with Gasteiger partial charge in [0.2, 0.25) is 0 Å². The summed E-state index contributed by atoms with van der Waals surface area (Å²) < 4.78 is 77.4.